The van der Waals surface area contributed by atoms with Crippen molar-refractivity contribution in [2.75, 3.05) is 26.9 Å². The highest BCUT2D eigenvalue weighted by Gasteiger charge is 2.24. The van der Waals surface area contributed by atoms with Crippen molar-refractivity contribution in [2.45, 2.75) is 6.92 Å². The van der Waals surface area contributed by atoms with Crippen molar-refractivity contribution >= 4 is 18.0 Å². The molecule has 8 nitrogen and oxygen atoms in total. The van der Waals surface area contributed by atoms with Gasteiger partial charge in [-0.2, -0.15) is 0 Å². The molecule has 1 aliphatic rings. The summed E-state index contributed by atoms with van der Waals surface area (Å²) in [5, 5.41) is 4.93. The van der Waals surface area contributed by atoms with Crippen LogP contribution in [0.2, 0.25) is 0 Å². The van der Waals surface area contributed by atoms with Crippen LogP contribution in [0.5, 0.6) is 5.75 Å². The Bertz CT molecular complexity index is 683. The Morgan fingerprint density at radius 2 is 2.00 bits per heavy atom. The Balaban J connectivity index is 2.10. The SMILES string of the molecule is CCOC(=O)C1=C(COC(=O)c2cccc(OC)c2)NC(=O)NC1. The molecule has 1 aromatic carbocycles. The molecule has 2 N–H and O–H groups in total. The first-order valence-corrected chi connectivity index (χ1v) is 7.30. The number of rotatable bonds is 6. The second-order valence-electron chi connectivity index (χ2n) is 4.79. The average molecular weight is 334 g/mol. The first kappa shape index (κ1) is 17.3. The Morgan fingerprint density at radius 3 is 2.71 bits per heavy atom. The van der Waals surface area contributed by atoms with Gasteiger partial charge in [0.1, 0.15) is 12.4 Å². The lowest BCUT2D eigenvalue weighted by molar-refractivity contribution is -0.138. The minimum absolute atomic E-state index is 0.0106. The van der Waals surface area contributed by atoms with Gasteiger partial charge < -0.3 is 24.8 Å². The molecule has 0 bridgehead atoms. The Morgan fingerprint density at radius 1 is 1.21 bits per heavy atom. The number of hydrogen-bond donors (Lipinski definition) is 2. The zero-order valence-electron chi connectivity index (χ0n) is 13.4. The van der Waals surface area contributed by atoms with Gasteiger partial charge in [0.05, 0.1) is 37.1 Å². The normalized spacial score (nSPS) is 13.7. The predicted molar refractivity (Wildman–Crippen MR) is 83.5 cm³/mol. The molecule has 0 aromatic heterocycles. The van der Waals surface area contributed by atoms with Gasteiger partial charge in [0.25, 0.3) is 0 Å². The van der Waals surface area contributed by atoms with E-state index < -0.39 is 18.0 Å². The van der Waals surface area contributed by atoms with Crippen LogP contribution >= 0.6 is 0 Å². The molecule has 1 aliphatic heterocycles. The number of esters is 2. The summed E-state index contributed by atoms with van der Waals surface area (Å²) in [6, 6.07) is 5.99. The first-order chi connectivity index (χ1) is 11.5. The number of amides is 2. The summed E-state index contributed by atoms with van der Waals surface area (Å²) in [5.74, 6) is -0.652. The van der Waals surface area contributed by atoms with Crippen molar-refractivity contribution in [1.29, 1.82) is 0 Å². The van der Waals surface area contributed by atoms with Gasteiger partial charge in [0, 0.05) is 0 Å². The van der Waals surface area contributed by atoms with E-state index in [1.807, 2.05) is 0 Å². The molecule has 8 heteroatoms. The average Bonchev–Trinajstić information content (AvgIpc) is 2.60. The standard InChI is InChI=1S/C16H18N2O6/c1-3-23-15(20)12-8-17-16(21)18-13(12)9-24-14(19)10-5-4-6-11(7-10)22-2/h4-7H,3,8-9H2,1-2H3,(H2,17,18,21). The van der Waals surface area contributed by atoms with Crippen molar-refractivity contribution < 1.29 is 28.6 Å². The topological polar surface area (TPSA) is 103 Å². The van der Waals surface area contributed by atoms with Crippen molar-refractivity contribution in [3.8, 4) is 5.75 Å². The Hall–Kier alpha value is -3.03. The molecule has 0 unspecified atom stereocenters. The third-order valence-electron chi connectivity index (χ3n) is 3.23. The van der Waals surface area contributed by atoms with Crippen LogP contribution in [0, 0.1) is 0 Å². The number of methoxy groups -OCH3 is 1. The first-order valence-electron chi connectivity index (χ1n) is 7.30. The zero-order valence-corrected chi connectivity index (χ0v) is 13.4. The number of hydrogen-bond acceptors (Lipinski definition) is 6. The highest BCUT2D eigenvalue weighted by Crippen LogP contribution is 2.14. The number of urea groups is 1. The summed E-state index contributed by atoms with van der Waals surface area (Å²) >= 11 is 0. The maximum atomic E-state index is 12.1. The fourth-order valence-electron chi connectivity index (χ4n) is 2.04. The lowest BCUT2D eigenvalue weighted by Gasteiger charge is -2.21. The molecular weight excluding hydrogens is 316 g/mol. The summed E-state index contributed by atoms with van der Waals surface area (Å²) in [4.78, 5) is 35.4. The van der Waals surface area contributed by atoms with Gasteiger partial charge in [-0.15, -0.1) is 0 Å². The monoisotopic (exact) mass is 334 g/mol. The molecule has 0 radical (unpaired) electrons. The lowest BCUT2D eigenvalue weighted by Crippen LogP contribution is -2.45. The van der Waals surface area contributed by atoms with Crippen molar-refractivity contribution in [2.24, 2.45) is 0 Å². The van der Waals surface area contributed by atoms with Gasteiger partial charge in [-0.1, -0.05) is 6.07 Å². The van der Waals surface area contributed by atoms with Crippen LogP contribution in [0.25, 0.3) is 0 Å². The van der Waals surface area contributed by atoms with E-state index >= 15 is 0 Å². The number of carbonyl (C=O) groups is 3. The second kappa shape index (κ2) is 8.00. The predicted octanol–water partition coefficient (Wildman–Crippen LogP) is 0.982. The minimum Gasteiger partial charge on any atom is -0.497 e. The van der Waals surface area contributed by atoms with Gasteiger partial charge in [-0.3, -0.25) is 0 Å². The van der Waals surface area contributed by atoms with Crippen LogP contribution in [-0.2, 0) is 14.3 Å². The minimum atomic E-state index is -0.600. The molecule has 24 heavy (non-hydrogen) atoms. The fraction of sp³-hybridized carbons (Fsp3) is 0.312. The molecule has 128 valence electrons. The van der Waals surface area contributed by atoms with E-state index in [2.05, 4.69) is 10.6 Å². The lowest BCUT2D eigenvalue weighted by atomic mass is 10.1. The molecule has 0 aliphatic carbocycles. The van der Waals surface area contributed by atoms with E-state index in [0.29, 0.717) is 11.3 Å². The third kappa shape index (κ3) is 4.25. The van der Waals surface area contributed by atoms with Gasteiger partial charge in [-0.25, -0.2) is 14.4 Å². The maximum absolute atomic E-state index is 12.1. The molecular formula is C16H18N2O6. The molecule has 0 saturated carbocycles. The van der Waals surface area contributed by atoms with Gasteiger partial charge in [0.2, 0.25) is 0 Å². The molecule has 1 aromatic rings. The number of carbonyl (C=O) groups excluding carboxylic acids is 3. The van der Waals surface area contributed by atoms with Gasteiger partial charge in [-0.05, 0) is 25.1 Å². The number of ether oxygens (including phenoxy) is 3. The maximum Gasteiger partial charge on any atom is 0.338 e. The van der Waals surface area contributed by atoms with E-state index in [1.165, 1.54) is 13.2 Å². The largest absolute Gasteiger partial charge is 0.497 e. The smallest absolute Gasteiger partial charge is 0.338 e. The molecule has 1 heterocycles. The molecule has 0 spiro atoms. The van der Waals surface area contributed by atoms with E-state index in [4.69, 9.17) is 14.2 Å². The molecule has 0 fully saturated rings. The van der Waals surface area contributed by atoms with Crippen LogP contribution in [0.15, 0.2) is 35.5 Å². The fourth-order valence-corrected chi connectivity index (χ4v) is 2.04. The summed E-state index contributed by atoms with van der Waals surface area (Å²) in [6.07, 6.45) is 0. The van der Waals surface area contributed by atoms with Gasteiger partial charge >= 0.3 is 18.0 Å². The van der Waals surface area contributed by atoms with Crippen molar-refractivity contribution in [1.82, 2.24) is 10.6 Å². The van der Waals surface area contributed by atoms with Crippen LogP contribution in [0.3, 0.4) is 0 Å². The van der Waals surface area contributed by atoms with Crippen LogP contribution < -0.4 is 15.4 Å². The molecule has 2 amide bonds. The van der Waals surface area contributed by atoms with Crippen molar-refractivity contribution in [3.05, 3.63) is 41.1 Å². The molecule has 0 saturated heterocycles. The van der Waals surface area contributed by atoms with E-state index in [1.54, 1.807) is 25.1 Å². The highest BCUT2D eigenvalue weighted by atomic mass is 16.5. The van der Waals surface area contributed by atoms with E-state index in [9.17, 15) is 14.4 Å². The van der Waals surface area contributed by atoms with E-state index in [0.717, 1.165) is 0 Å². The molecule has 2 rings (SSSR count). The number of nitrogens with one attached hydrogen (secondary N) is 2. The van der Waals surface area contributed by atoms with E-state index in [-0.39, 0.29) is 31.0 Å². The Kier molecular flexibility index (Phi) is 5.78. The Labute approximate surface area is 138 Å². The van der Waals surface area contributed by atoms with Gasteiger partial charge in [0.15, 0.2) is 0 Å². The summed E-state index contributed by atoms with van der Waals surface area (Å²) < 4.78 is 15.1. The summed E-state index contributed by atoms with van der Waals surface area (Å²) in [6.45, 7) is 1.64. The number of benzene rings is 1. The molecule has 0 atom stereocenters. The third-order valence-corrected chi connectivity index (χ3v) is 3.23. The van der Waals surface area contributed by atoms with Crippen LogP contribution in [0.1, 0.15) is 17.3 Å². The quantitative estimate of drug-likeness (QED) is 0.752. The van der Waals surface area contributed by atoms with Crippen LogP contribution in [0.4, 0.5) is 4.79 Å². The second-order valence-corrected chi connectivity index (χ2v) is 4.79. The zero-order chi connectivity index (χ0) is 17.5. The van der Waals surface area contributed by atoms with Crippen LogP contribution in [-0.4, -0.2) is 44.8 Å². The summed E-state index contributed by atoms with van der Waals surface area (Å²) in [7, 11) is 1.49. The summed E-state index contributed by atoms with van der Waals surface area (Å²) in [5.41, 5.74) is 0.719. The van der Waals surface area contributed by atoms with Crippen molar-refractivity contribution in [3.63, 3.8) is 0 Å². The highest BCUT2D eigenvalue weighted by molar-refractivity contribution is 5.94.